The maximum Gasteiger partial charge on any atom is 0.512 e. The van der Waals surface area contributed by atoms with Gasteiger partial charge in [-0.25, -0.2) is 4.98 Å². The molecule has 3 rings (SSSR count). The molecule has 170 valence electrons. The average Bonchev–Trinajstić information content (AvgIpc) is 3.24. The number of oxazole rings is 1. The van der Waals surface area contributed by atoms with Crippen molar-refractivity contribution in [2.24, 2.45) is 0 Å². The second-order valence-corrected chi connectivity index (χ2v) is 7.39. The molecule has 1 N–H and O–H groups in total. The number of ether oxygens (including phenoxy) is 4. The van der Waals surface area contributed by atoms with Crippen LogP contribution >= 0.6 is 0 Å². The summed E-state index contributed by atoms with van der Waals surface area (Å²) in [6.07, 6.45) is 3.67. The molecule has 2 aromatic carbocycles. The first-order valence-corrected chi connectivity index (χ1v) is 10.6. The van der Waals surface area contributed by atoms with Crippen LogP contribution in [0.1, 0.15) is 32.6 Å². The Balaban J connectivity index is 1.57. The summed E-state index contributed by atoms with van der Waals surface area (Å²) in [7, 11) is 3.18. The van der Waals surface area contributed by atoms with Gasteiger partial charge in [0.1, 0.15) is 5.52 Å². The first-order valence-electron chi connectivity index (χ1n) is 10.6. The largest absolute Gasteiger partial charge is 0.512 e. The van der Waals surface area contributed by atoms with Crippen molar-refractivity contribution in [3.05, 3.63) is 48.6 Å². The van der Waals surface area contributed by atoms with Gasteiger partial charge in [-0.1, -0.05) is 18.7 Å². The van der Waals surface area contributed by atoms with Crippen molar-refractivity contribution >= 4 is 17.1 Å². The molecule has 1 heterocycles. The van der Waals surface area contributed by atoms with E-state index in [1.54, 1.807) is 21.1 Å². The fourth-order valence-corrected chi connectivity index (χ4v) is 3.17. The number of hydrogen-bond acceptors (Lipinski definition) is 6. The molecule has 0 aliphatic rings. The highest BCUT2D eigenvalue weighted by Crippen LogP contribution is 2.41. The SMILES string of the molecule is C=C(C)C(=[OH+])OCCCCCCOc1c(OC)cc(-c2nc3ccccc3o2)cc1OC. The molecule has 3 aromatic rings. The predicted molar refractivity (Wildman–Crippen MR) is 124 cm³/mol. The predicted octanol–water partition coefficient (Wildman–Crippen LogP) is 5.55. The zero-order valence-corrected chi connectivity index (χ0v) is 18.8. The van der Waals surface area contributed by atoms with Crippen LogP contribution in [0.5, 0.6) is 17.2 Å². The standard InChI is InChI=1S/C25H29NO6/c1-17(2)25(27)31-14-10-6-5-9-13-30-23-21(28-3)15-18(16-22(23)29-4)24-26-19-11-7-8-12-20(19)32-24/h7-8,11-12,15-16H,1,5-6,9-10,13-14H2,2-4H3/p+1. The zero-order chi connectivity index (χ0) is 22.9. The van der Waals surface area contributed by atoms with Gasteiger partial charge < -0.3 is 28.2 Å². The van der Waals surface area contributed by atoms with Gasteiger partial charge >= 0.3 is 5.97 Å². The summed E-state index contributed by atoms with van der Waals surface area (Å²) in [5.41, 5.74) is 2.79. The molecule has 0 aliphatic carbocycles. The van der Waals surface area contributed by atoms with E-state index < -0.39 is 0 Å². The van der Waals surface area contributed by atoms with E-state index in [9.17, 15) is 4.79 Å². The summed E-state index contributed by atoms with van der Waals surface area (Å²) in [6, 6.07) is 11.3. The van der Waals surface area contributed by atoms with Crippen molar-refractivity contribution in [3.63, 3.8) is 0 Å². The molecule has 0 spiro atoms. The van der Waals surface area contributed by atoms with Gasteiger partial charge in [-0.15, -0.1) is 0 Å². The molecule has 0 fully saturated rings. The Bertz CT molecular complexity index is 1010. The number of esters is 1. The molecule has 7 nitrogen and oxygen atoms in total. The lowest BCUT2D eigenvalue weighted by atomic mass is 10.1. The van der Waals surface area contributed by atoms with Crippen LogP contribution in [-0.4, -0.2) is 43.2 Å². The summed E-state index contributed by atoms with van der Waals surface area (Å²) in [6.45, 7) is 6.33. The smallest absolute Gasteiger partial charge is 0.493 e. The highest BCUT2D eigenvalue weighted by Gasteiger charge is 2.18. The Morgan fingerprint density at radius 2 is 1.66 bits per heavy atom. The number of aromatic nitrogens is 1. The number of unbranched alkanes of at least 4 members (excludes halogenated alkanes) is 3. The molecule has 1 aromatic heterocycles. The fourth-order valence-electron chi connectivity index (χ4n) is 3.17. The Morgan fingerprint density at radius 3 is 2.28 bits per heavy atom. The Kier molecular flexibility index (Phi) is 8.14. The van der Waals surface area contributed by atoms with Gasteiger partial charge in [0, 0.05) is 12.0 Å². The normalized spacial score (nSPS) is 10.7. The summed E-state index contributed by atoms with van der Waals surface area (Å²) in [5, 5.41) is 0. The van der Waals surface area contributed by atoms with E-state index in [1.807, 2.05) is 36.4 Å². The quantitative estimate of drug-likeness (QED) is 0.159. The molecule has 0 unspecified atom stereocenters. The van der Waals surface area contributed by atoms with Crippen molar-refractivity contribution in [3.8, 4) is 28.7 Å². The van der Waals surface area contributed by atoms with Gasteiger partial charge in [-0.3, -0.25) is 0 Å². The van der Waals surface area contributed by atoms with Crippen molar-refractivity contribution in [2.75, 3.05) is 27.4 Å². The van der Waals surface area contributed by atoms with Gasteiger partial charge in [0.05, 0.1) is 26.4 Å². The van der Waals surface area contributed by atoms with Gasteiger partial charge in [-0.05, 0) is 50.5 Å². The van der Waals surface area contributed by atoms with Gasteiger partial charge in [0.2, 0.25) is 11.6 Å². The van der Waals surface area contributed by atoms with E-state index in [-0.39, 0.29) is 5.97 Å². The zero-order valence-electron chi connectivity index (χ0n) is 18.8. The third-order valence-electron chi connectivity index (χ3n) is 4.89. The first kappa shape index (κ1) is 23.2. The van der Waals surface area contributed by atoms with Crippen molar-refractivity contribution in [1.29, 1.82) is 0 Å². The van der Waals surface area contributed by atoms with E-state index in [1.165, 1.54) is 0 Å². The van der Waals surface area contributed by atoms with Gasteiger partial charge in [0.25, 0.3) is 0 Å². The molecule has 32 heavy (non-hydrogen) atoms. The fraction of sp³-hybridized carbons (Fsp3) is 0.360. The van der Waals surface area contributed by atoms with Gasteiger partial charge in [-0.2, -0.15) is 0 Å². The lowest BCUT2D eigenvalue weighted by molar-refractivity contribution is 0.253. The molecular formula is C25H30NO6+. The van der Waals surface area contributed by atoms with Crippen molar-refractivity contribution in [1.82, 2.24) is 4.98 Å². The lowest BCUT2D eigenvalue weighted by Crippen LogP contribution is -2.07. The Hall–Kier alpha value is -3.48. The third kappa shape index (κ3) is 5.81. The maximum absolute atomic E-state index is 9.46. The Labute approximate surface area is 187 Å². The number of fused-ring (bicyclic) bond motifs is 1. The monoisotopic (exact) mass is 440 g/mol. The van der Waals surface area contributed by atoms with E-state index >= 15 is 0 Å². The van der Waals surface area contributed by atoms with E-state index in [2.05, 4.69) is 11.6 Å². The van der Waals surface area contributed by atoms with Gasteiger partial charge in [0.15, 0.2) is 23.7 Å². The number of nitrogens with zero attached hydrogens (tertiary/aromatic N) is 1. The lowest BCUT2D eigenvalue weighted by Gasteiger charge is -2.15. The summed E-state index contributed by atoms with van der Waals surface area (Å²) < 4.78 is 28.2. The summed E-state index contributed by atoms with van der Waals surface area (Å²) in [5.74, 6) is 2.07. The third-order valence-corrected chi connectivity index (χ3v) is 4.89. The number of hydrogen-bond donors (Lipinski definition) is 0. The van der Waals surface area contributed by atoms with Crippen LogP contribution in [0, 0.1) is 0 Å². The van der Waals surface area contributed by atoms with Crippen LogP contribution in [0.25, 0.3) is 22.6 Å². The maximum atomic E-state index is 9.46. The van der Waals surface area contributed by atoms with Crippen LogP contribution in [0.4, 0.5) is 0 Å². The molecule has 0 amide bonds. The minimum atomic E-state index is -0.0891. The second kappa shape index (κ2) is 11.2. The highest BCUT2D eigenvalue weighted by molar-refractivity contribution is 5.87. The minimum Gasteiger partial charge on any atom is -0.493 e. The molecular weight excluding hydrogens is 410 g/mol. The van der Waals surface area contributed by atoms with Crippen LogP contribution in [0.2, 0.25) is 0 Å². The molecule has 0 saturated carbocycles. The van der Waals surface area contributed by atoms with Crippen LogP contribution in [-0.2, 0) is 4.74 Å². The van der Waals surface area contributed by atoms with E-state index in [4.69, 9.17) is 23.4 Å². The topological polar surface area (TPSA) is 84.4 Å². The van der Waals surface area contributed by atoms with E-state index in [0.717, 1.165) is 42.3 Å². The number of benzene rings is 2. The highest BCUT2D eigenvalue weighted by atomic mass is 16.5. The number of methoxy groups -OCH3 is 2. The van der Waals surface area contributed by atoms with Crippen molar-refractivity contribution < 1.29 is 28.2 Å². The second-order valence-electron chi connectivity index (χ2n) is 7.39. The van der Waals surface area contributed by atoms with Crippen molar-refractivity contribution in [2.45, 2.75) is 32.6 Å². The number of rotatable bonds is 12. The van der Waals surface area contributed by atoms with E-state index in [0.29, 0.717) is 41.9 Å². The molecule has 0 saturated heterocycles. The summed E-state index contributed by atoms with van der Waals surface area (Å²) in [4.78, 5) is 14.0. The molecule has 0 bridgehead atoms. The minimum absolute atomic E-state index is 0.0891. The molecule has 0 radical (unpaired) electrons. The van der Waals surface area contributed by atoms with Crippen LogP contribution in [0.15, 0.2) is 53.0 Å². The molecule has 7 heteroatoms. The number of para-hydroxylation sites is 2. The first-order chi connectivity index (χ1) is 15.5. The number of carbonyl (C=O) groups excluding carboxylic acids is 1. The Morgan fingerprint density at radius 1 is 1.00 bits per heavy atom. The summed E-state index contributed by atoms with van der Waals surface area (Å²) >= 11 is 0. The van der Waals surface area contributed by atoms with Crippen LogP contribution < -0.4 is 14.2 Å². The molecule has 0 atom stereocenters. The van der Waals surface area contributed by atoms with Crippen LogP contribution in [0.3, 0.4) is 0 Å². The molecule has 0 aliphatic heterocycles. The average molecular weight is 441 g/mol.